The van der Waals surface area contributed by atoms with Crippen molar-refractivity contribution in [3.63, 3.8) is 0 Å². The highest BCUT2D eigenvalue weighted by atomic mass is 32.2. The molecule has 0 radical (unpaired) electrons. The first-order valence-corrected chi connectivity index (χ1v) is 16.5. The van der Waals surface area contributed by atoms with Crippen molar-refractivity contribution in [1.29, 1.82) is 0 Å². The molecule has 4 aromatic rings. The number of H-pyrrole nitrogens is 1. The van der Waals surface area contributed by atoms with Crippen LogP contribution in [0.5, 0.6) is 0 Å². The average Bonchev–Trinajstić information content (AvgIpc) is 3.81. The molecule has 0 spiro atoms. The minimum Gasteiger partial charge on any atom is -0.479 e. The minimum atomic E-state index is -4.15. The number of pyridine rings is 1. The van der Waals surface area contributed by atoms with Crippen molar-refractivity contribution in [2.45, 2.75) is 56.1 Å². The second-order valence-electron chi connectivity index (χ2n) is 13.0. The van der Waals surface area contributed by atoms with Gasteiger partial charge in [-0.15, -0.1) is 10.2 Å². The van der Waals surface area contributed by atoms with Crippen LogP contribution in [-0.2, 0) is 35.3 Å². The number of carbonyl (C=O) groups is 1. The summed E-state index contributed by atoms with van der Waals surface area (Å²) in [7, 11) is -3.01. The lowest BCUT2D eigenvalue weighted by Gasteiger charge is -2.41. The number of hydrogen-bond acceptors (Lipinski definition) is 10. The van der Waals surface area contributed by atoms with Crippen molar-refractivity contribution in [1.82, 2.24) is 29.8 Å². The zero-order chi connectivity index (χ0) is 31.8. The molecule has 8 rings (SSSR count). The molecule has 0 amide bonds. The number of fused-ring (bicyclic) bond motifs is 2. The lowest BCUT2D eigenvalue weighted by atomic mass is 9.63. The van der Waals surface area contributed by atoms with Gasteiger partial charge in [0.1, 0.15) is 17.2 Å². The molecule has 14 nitrogen and oxygen atoms in total. The van der Waals surface area contributed by atoms with Crippen LogP contribution in [0.4, 0.5) is 11.6 Å². The number of benzene rings is 1. The van der Waals surface area contributed by atoms with Crippen molar-refractivity contribution in [3.8, 4) is 0 Å². The second kappa shape index (κ2) is 10.2. The molecule has 5 atom stereocenters. The standard InChI is InChI=1S/C30H36N8O6S/c1-18-12-21(37-11-10-28(2,16-37)20-8-6-5-7-9-20)14-38-24(18)32-25(35-38)30-13-19(15-44-30)22(30)23-31-27(34-33-23)36-45(41,42)17-29(3,43-4)26(39)40/h5-9,12,14,19,22H,10-11,13,15-17H2,1-4H3,(H,39,40)(H2,31,33,34,36)/t19?,22?,28-,29?,30?/m0/s1. The van der Waals surface area contributed by atoms with Gasteiger partial charge in [-0.25, -0.2) is 27.4 Å². The van der Waals surface area contributed by atoms with Crippen molar-refractivity contribution in [3.05, 3.63) is 65.4 Å². The van der Waals surface area contributed by atoms with Crippen LogP contribution in [0.15, 0.2) is 42.6 Å². The molecule has 2 bridgehead atoms. The average molecular weight is 637 g/mol. The first-order chi connectivity index (χ1) is 21.3. The van der Waals surface area contributed by atoms with Crippen molar-refractivity contribution >= 4 is 33.3 Å². The number of nitrogens with one attached hydrogen (secondary N) is 2. The zero-order valence-corrected chi connectivity index (χ0v) is 26.3. The highest BCUT2D eigenvalue weighted by Crippen LogP contribution is 2.63. The molecule has 238 valence electrons. The van der Waals surface area contributed by atoms with E-state index in [1.165, 1.54) is 12.5 Å². The summed E-state index contributed by atoms with van der Waals surface area (Å²) in [6.45, 7) is 7.86. The number of ether oxygens (including phenoxy) is 2. The Morgan fingerprint density at radius 3 is 2.78 bits per heavy atom. The van der Waals surface area contributed by atoms with Gasteiger partial charge in [-0.2, -0.15) is 4.98 Å². The largest absolute Gasteiger partial charge is 0.479 e. The van der Waals surface area contributed by atoms with Crippen LogP contribution in [0.3, 0.4) is 0 Å². The van der Waals surface area contributed by atoms with E-state index in [4.69, 9.17) is 19.6 Å². The van der Waals surface area contributed by atoms with E-state index >= 15 is 0 Å². The monoisotopic (exact) mass is 636 g/mol. The third-order valence-electron chi connectivity index (χ3n) is 9.80. The van der Waals surface area contributed by atoms with Crippen LogP contribution in [0.2, 0.25) is 0 Å². The van der Waals surface area contributed by atoms with E-state index in [-0.39, 0.29) is 23.2 Å². The predicted molar refractivity (Wildman–Crippen MR) is 164 cm³/mol. The van der Waals surface area contributed by atoms with Crippen LogP contribution in [0.1, 0.15) is 55.4 Å². The summed E-state index contributed by atoms with van der Waals surface area (Å²) in [6, 6.07) is 12.8. The number of methoxy groups -OCH3 is 1. The van der Waals surface area contributed by atoms with Gasteiger partial charge in [-0.3, -0.25) is 5.10 Å². The fraction of sp³-hybridized carbons (Fsp3) is 0.500. The Morgan fingerprint density at radius 1 is 1.29 bits per heavy atom. The maximum atomic E-state index is 12.7. The summed E-state index contributed by atoms with van der Waals surface area (Å²) in [5, 5.41) is 21.2. The number of aromatic amines is 1. The molecule has 15 heteroatoms. The lowest BCUT2D eigenvalue weighted by Crippen LogP contribution is -2.45. The van der Waals surface area contributed by atoms with Gasteiger partial charge >= 0.3 is 5.97 Å². The Hall–Kier alpha value is -4.08. The summed E-state index contributed by atoms with van der Waals surface area (Å²) in [5.74, 6) is -1.53. The summed E-state index contributed by atoms with van der Waals surface area (Å²) in [5.41, 5.74) is 1.48. The molecular formula is C30H36N8O6S. The third-order valence-corrected chi connectivity index (χ3v) is 11.2. The molecule has 1 aliphatic carbocycles. The van der Waals surface area contributed by atoms with Crippen LogP contribution in [-0.4, -0.2) is 87.4 Å². The molecule has 1 aromatic carbocycles. The Bertz CT molecular complexity index is 1890. The number of aromatic nitrogens is 6. The van der Waals surface area contributed by atoms with Crippen molar-refractivity contribution in [2.75, 3.05) is 42.2 Å². The van der Waals surface area contributed by atoms with Gasteiger partial charge in [-0.05, 0) is 49.8 Å². The number of rotatable bonds is 10. The predicted octanol–water partition coefficient (Wildman–Crippen LogP) is 2.58. The topological polar surface area (TPSA) is 177 Å². The Morgan fingerprint density at radius 2 is 2.07 bits per heavy atom. The van der Waals surface area contributed by atoms with Gasteiger partial charge in [0, 0.05) is 25.6 Å². The highest BCUT2D eigenvalue weighted by Gasteiger charge is 2.66. The van der Waals surface area contributed by atoms with Gasteiger partial charge < -0.3 is 19.5 Å². The highest BCUT2D eigenvalue weighted by molar-refractivity contribution is 7.92. The van der Waals surface area contributed by atoms with E-state index < -0.39 is 32.9 Å². The second-order valence-corrected chi connectivity index (χ2v) is 14.7. The van der Waals surface area contributed by atoms with Gasteiger partial charge in [0.05, 0.1) is 24.4 Å². The lowest BCUT2D eigenvalue weighted by molar-refractivity contribution is -0.157. The quantitative estimate of drug-likeness (QED) is 0.233. The van der Waals surface area contributed by atoms with E-state index in [9.17, 15) is 18.3 Å². The summed E-state index contributed by atoms with van der Waals surface area (Å²) in [4.78, 5) is 23.3. The minimum absolute atomic E-state index is 0.0618. The number of sulfonamides is 1. The normalized spacial score (nSPS) is 27.4. The van der Waals surface area contributed by atoms with Crippen LogP contribution >= 0.6 is 0 Å². The van der Waals surface area contributed by atoms with Crippen molar-refractivity contribution < 1.29 is 27.8 Å². The van der Waals surface area contributed by atoms with Gasteiger partial charge in [0.15, 0.2) is 17.1 Å². The molecule has 3 aromatic heterocycles. The maximum absolute atomic E-state index is 12.7. The number of carboxylic acid groups (broad SMARTS) is 1. The number of nitrogens with zero attached hydrogens (tertiary/aromatic N) is 6. The summed E-state index contributed by atoms with van der Waals surface area (Å²) >= 11 is 0. The number of aliphatic carboxylic acids is 1. The zero-order valence-electron chi connectivity index (χ0n) is 25.5. The third kappa shape index (κ3) is 4.84. The van der Waals surface area contributed by atoms with Crippen molar-refractivity contribution in [2.24, 2.45) is 5.92 Å². The Balaban J connectivity index is 1.12. The van der Waals surface area contributed by atoms with E-state index in [1.54, 1.807) is 0 Å². The molecule has 3 saturated heterocycles. The molecule has 4 fully saturated rings. The molecule has 45 heavy (non-hydrogen) atoms. The first kappa shape index (κ1) is 29.6. The first-order valence-electron chi connectivity index (χ1n) is 14.9. The number of anilines is 2. The fourth-order valence-corrected chi connectivity index (χ4v) is 8.51. The van der Waals surface area contributed by atoms with E-state index in [0.29, 0.717) is 24.7 Å². The van der Waals surface area contributed by atoms with E-state index in [0.717, 1.165) is 43.5 Å². The van der Waals surface area contributed by atoms with Crippen LogP contribution in [0, 0.1) is 12.8 Å². The molecule has 1 saturated carbocycles. The SMILES string of the molecule is COC(C)(CS(=O)(=O)Nc1n[nH]c(C2C3COC2(c2nc4c(C)cc(N5CC[C@](C)(c6ccccc6)C5)cn4n2)C3)n1)C(=O)O. The molecule has 3 aliphatic heterocycles. The summed E-state index contributed by atoms with van der Waals surface area (Å²) in [6.07, 6.45) is 3.78. The van der Waals surface area contributed by atoms with E-state index in [1.807, 2.05) is 23.7 Å². The van der Waals surface area contributed by atoms with Gasteiger partial charge in [0.2, 0.25) is 10.0 Å². The number of carboxylic acids is 1. The fourth-order valence-electron chi connectivity index (χ4n) is 7.10. The molecule has 4 unspecified atom stereocenters. The maximum Gasteiger partial charge on any atom is 0.336 e. The molecule has 3 N–H and O–H groups in total. The Kier molecular flexibility index (Phi) is 6.73. The Labute approximate surface area is 260 Å². The number of aryl methyl sites for hydroxylation is 1. The van der Waals surface area contributed by atoms with Crippen LogP contribution < -0.4 is 9.62 Å². The smallest absolute Gasteiger partial charge is 0.336 e. The number of hydrogen-bond donors (Lipinski definition) is 3. The van der Waals surface area contributed by atoms with Gasteiger partial charge in [-0.1, -0.05) is 37.3 Å². The van der Waals surface area contributed by atoms with Crippen LogP contribution in [0.25, 0.3) is 5.65 Å². The molecular weight excluding hydrogens is 600 g/mol. The van der Waals surface area contributed by atoms with E-state index in [2.05, 4.69) is 62.1 Å². The molecule has 4 aliphatic rings. The molecule has 6 heterocycles. The van der Waals surface area contributed by atoms with Gasteiger partial charge in [0.25, 0.3) is 5.95 Å². The summed E-state index contributed by atoms with van der Waals surface area (Å²) < 4.78 is 40.8.